The van der Waals surface area contributed by atoms with Gasteiger partial charge in [0.2, 0.25) is 16.0 Å². The first kappa shape index (κ1) is 30.0. The molecule has 2 atom stereocenters. The topological polar surface area (TPSA) is 129 Å². The van der Waals surface area contributed by atoms with E-state index in [1.807, 2.05) is 24.3 Å². The molecule has 5 rings (SSSR count). The van der Waals surface area contributed by atoms with Crippen LogP contribution in [0.2, 0.25) is 5.02 Å². The molecule has 0 spiro atoms. The summed E-state index contributed by atoms with van der Waals surface area (Å²) in [6.45, 7) is 1.89. The zero-order chi connectivity index (χ0) is 30.0. The molecule has 3 N–H and O–H groups in total. The smallest absolute Gasteiger partial charge is 0.251 e. The number of likely N-dealkylation sites (tertiary alicyclic amines) is 1. The Morgan fingerprint density at radius 2 is 1.90 bits per heavy atom. The molecule has 1 saturated heterocycles. The summed E-state index contributed by atoms with van der Waals surface area (Å²) >= 11 is 6.51. The number of piperidine rings is 1. The molecule has 2 aliphatic rings. The van der Waals surface area contributed by atoms with E-state index in [9.17, 15) is 13.2 Å². The van der Waals surface area contributed by atoms with Crippen molar-refractivity contribution >= 4 is 45.0 Å². The van der Waals surface area contributed by atoms with Crippen LogP contribution in [-0.4, -0.2) is 86.1 Å². The first-order valence-corrected chi connectivity index (χ1v) is 16.0. The number of hydrogen-bond donors (Lipinski definition) is 3. The normalized spacial score (nSPS) is 19.4. The molecule has 1 aliphatic carbocycles. The Kier molecular flexibility index (Phi) is 8.88. The third kappa shape index (κ3) is 6.62. The van der Waals surface area contributed by atoms with Crippen LogP contribution in [0.4, 0.5) is 17.5 Å². The van der Waals surface area contributed by atoms with E-state index in [1.54, 1.807) is 32.4 Å². The largest absolute Gasteiger partial charge is 0.495 e. The van der Waals surface area contributed by atoms with E-state index in [0.29, 0.717) is 29.2 Å². The van der Waals surface area contributed by atoms with Crippen LogP contribution in [0, 0.1) is 0 Å². The Balaban J connectivity index is 1.36. The predicted octanol–water partition coefficient (Wildman–Crippen LogP) is 3.68. The first-order valence-electron chi connectivity index (χ1n) is 13.8. The number of methoxy groups -OCH3 is 1. The molecule has 0 bridgehead atoms. The first-order chi connectivity index (χ1) is 20.0. The summed E-state index contributed by atoms with van der Waals surface area (Å²) in [4.78, 5) is 24.2. The third-order valence-corrected chi connectivity index (χ3v) is 9.49. The van der Waals surface area contributed by atoms with Gasteiger partial charge in [-0.25, -0.2) is 13.4 Å². The number of nitrogens with one attached hydrogen (secondary N) is 3. The van der Waals surface area contributed by atoms with E-state index in [4.69, 9.17) is 16.3 Å². The number of halogens is 1. The lowest BCUT2D eigenvalue weighted by molar-refractivity contribution is 0.0917. The monoisotopic (exact) mass is 613 g/mol. The van der Waals surface area contributed by atoms with Gasteiger partial charge in [-0.05, 0) is 68.7 Å². The summed E-state index contributed by atoms with van der Waals surface area (Å²) in [6.07, 6.45) is 5.07. The fourth-order valence-electron chi connectivity index (χ4n) is 5.55. The van der Waals surface area contributed by atoms with Crippen LogP contribution >= 0.6 is 11.6 Å². The maximum Gasteiger partial charge on any atom is 0.251 e. The van der Waals surface area contributed by atoms with E-state index < -0.39 is 16.1 Å². The van der Waals surface area contributed by atoms with Crippen LogP contribution in [-0.2, 0) is 16.4 Å². The molecule has 2 heterocycles. The minimum Gasteiger partial charge on any atom is -0.495 e. The van der Waals surface area contributed by atoms with Gasteiger partial charge in [0.05, 0.1) is 37.3 Å². The molecular formula is C29H36ClN7O4S. The van der Waals surface area contributed by atoms with Gasteiger partial charge >= 0.3 is 0 Å². The van der Waals surface area contributed by atoms with Crippen molar-refractivity contribution < 1.29 is 17.9 Å². The Morgan fingerprint density at radius 3 is 2.62 bits per heavy atom. The molecule has 0 radical (unpaired) electrons. The Bertz CT molecular complexity index is 1560. The number of anilines is 3. The number of amides is 1. The number of sulfonamides is 1. The van der Waals surface area contributed by atoms with Crippen molar-refractivity contribution in [3.8, 4) is 5.75 Å². The summed E-state index contributed by atoms with van der Waals surface area (Å²) in [5.74, 6) is 0.946. The van der Waals surface area contributed by atoms with Gasteiger partial charge in [-0.15, -0.1) is 0 Å². The molecular weight excluding hydrogens is 578 g/mol. The van der Waals surface area contributed by atoms with Gasteiger partial charge in [-0.2, -0.15) is 9.29 Å². The van der Waals surface area contributed by atoms with Crippen molar-refractivity contribution in [1.82, 2.24) is 24.5 Å². The number of aromatic nitrogens is 2. The number of nitrogens with zero attached hydrogens (tertiary/aromatic N) is 4. The highest BCUT2D eigenvalue weighted by Crippen LogP contribution is 2.39. The number of rotatable bonds is 9. The number of ether oxygens (including phenoxy) is 1. The molecule has 2 unspecified atom stereocenters. The van der Waals surface area contributed by atoms with Crippen molar-refractivity contribution in [2.24, 2.45) is 0 Å². The van der Waals surface area contributed by atoms with Gasteiger partial charge in [0.25, 0.3) is 5.91 Å². The highest BCUT2D eigenvalue weighted by atomic mass is 35.5. The van der Waals surface area contributed by atoms with Crippen molar-refractivity contribution in [3.63, 3.8) is 0 Å². The highest BCUT2D eigenvalue weighted by Gasteiger charge is 2.39. The van der Waals surface area contributed by atoms with Crippen LogP contribution in [0.1, 0.15) is 40.4 Å². The quantitative estimate of drug-likeness (QED) is 0.331. The lowest BCUT2D eigenvalue weighted by Gasteiger charge is -2.29. The summed E-state index contributed by atoms with van der Waals surface area (Å²) < 4.78 is 31.9. The lowest BCUT2D eigenvalue weighted by Crippen LogP contribution is -2.43. The minimum absolute atomic E-state index is 0.132. The maximum absolute atomic E-state index is 13.0. The second-order valence-corrected chi connectivity index (χ2v) is 13.3. The summed E-state index contributed by atoms with van der Waals surface area (Å²) in [5.41, 5.74) is 3.00. The molecule has 224 valence electrons. The van der Waals surface area contributed by atoms with E-state index >= 15 is 0 Å². The molecule has 1 aliphatic heterocycles. The van der Waals surface area contributed by atoms with Gasteiger partial charge in [-0.3, -0.25) is 4.79 Å². The van der Waals surface area contributed by atoms with Crippen LogP contribution in [0.25, 0.3) is 0 Å². The molecule has 11 nitrogen and oxygen atoms in total. The molecule has 3 aromatic rings. The maximum atomic E-state index is 13.0. The molecule has 1 aromatic heterocycles. The van der Waals surface area contributed by atoms with Crippen LogP contribution < -0.4 is 20.7 Å². The standard InChI is InChI=1S/C29H36ClN7O4S/c1-36-13-11-20(12-14-36)32-28(38)19-9-10-25(41-3)23(16-19)34-29-31-17-22(30)27(35-29)33-24-15-18-7-5-6-8-21(18)26(24)37(2)42(4,39)40/h5-10,16-17,20,24,26H,11-15H2,1-4H3,(H,32,38)(H2,31,33,34,35). The molecule has 2 aromatic carbocycles. The predicted molar refractivity (Wildman–Crippen MR) is 164 cm³/mol. The van der Waals surface area contributed by atoms with Gasteiger partial charge in [0.15, 0.2) is 5.82 Å². The Morgan fingerprint density at radius 1 is 1.17 bits per heavy atom. The average molecular weight is 614 g/mol. The summed E-state index contributed by atoms with van der Waals surface area (Å²) in [6, 6.07) is 12.3. The van der Waals surface area contributed by atoms with E-state index in [2.05, 4.69) is 37.9 Å². The SMILES string of the molecule is COc1ccc(C(=O)NC2CCN(C)CC2)cc1Nc1ncc(Cl)c(NC2Cc3ccccc3C2N(C)S(C)(=O)=O)n1. The highest BCUT2D eigenvalue weighted by molar-refractivity contribution is 7.88. The van der Waals surface area contributed by atoms with E-state index in [-0.39, 0.29) is 29.0 Å². The van der Waals surface area contributed by atoms with E-state index in [1.165, 1.54) is 16.8 Å². The average Bonchev–Trinajstić information content (AvgIpc) is 3.32. The zero-order valence-electron chi connectivity index (χ0n) is 24.1. The van der Waals surface area contributed by atoms with E-state index in [0.717, 1.165) is 37.1 Å². The molecule has 0 saturated carbocycles. The molecule has 1 fully saturated rings. The van der Waals surface area contributed by atoms with Crippen LogP contribution in [0.3, 0.4) is 0 Å². The number of likely N-dealkylation sites (N-methyl/N-ethyl adjacent to an activating group) is 1. The lowest BCUT2D eigenvalue weighted by atomic mass is 10.0. The molecule has 13 heteroatoms. The zero-order valence-corrected chi connectivity index (χ0v) is 25.7. The number of hydrogen-bond acceptors (Lipinski definition) is 9. The van der Waals surface area contributed by atoms with Crippen molar-refractivity contribution in [1.29, 1.82) is 0 Å². The Labute approximate surface area is 251 Å². The summed E-state index contributed by atoms with van der Waals surface area (Å²) in [5, 5.41) is 9.94. The van der Waals surface area contributed by atoms with Gasteiger partial charge in [0.1, 0.15) is 10.8 Å². The van der Waals surface area contributed by atoms with Gasteiger partial charge in [-0.1, -0.05) is 35.9 Å². The second kappa shape index (κ2) is 12.4. The Hall–Kier alpha value is -3.45. The van der Waals surface area contributed by atoms with Gasteiger partial charge in [0, 0.05) is 18.7 Å². The fourth-order valence-corrected chi connectivity index (χ4v) is 6.37. The van der Waals surface area contributed by atoms with Gasteiger partial charge < -0.3 is 25.6 Å². The summed E-state index contributed by atoms with van der Waals surface area (Å²) in [7, 11) is 1.73. The fraction of sp³-hybridized carbons (Fsp3) is 0.414. The van der Waals surface area contributed by atoms with Crippen LogP contribution in [0.5, 0.6) is 5.75 Å². The third-order valence-electron chi connectivity index (χ3n) is 7.94. The number of carbonyl (C=O) groups is 1. The molecule has 1 amide bonds. The van der Waals surface area contributed by atoms with Crippen molar-refractivity contribution in [3.05, 3.63) is 70.4 Å². The number of fused-ring (bicyclic) bond motifs is 1. The van der Waals surface area contributed by atoms with Crippen molar-refractivity contribution in [2.75, 3.05) is 51.2 Å². The minimum atomic E-state index is -3.48. The number of carbonyl (C=O) groups excluding carboxylic acids is 1. The molecule has 42 heavy (non-hydrogen) atoms. The number of benzene rings is 2. The second-order valence-electron chi connectivity index (χ2n) is 10.9. The van der Waals surface area contributed by atoms with Crippen molar-refractivity contribution in [2.45, 2.75) is 37.4 Å². The van der Waals surface area contributed by atoms with Crippen LogP contribution in [0.15, 0.2) is 48.7 Å².